The summed E-state index contributed by atoms with van der Waals surface area (Å²) >= 11 is 3.36. The molecule has 0 unspecified atom stereocenters. The van der Waals surface area contributed by atoms with Crippen molar-refractivity contribution in [1.82, 2.24) is 0 Å². The summed E-state index contributed by atoms with van der Waals surface area (Å²) in [5.41, 5.74) is 3.85. The van der Waals surface area contributed by atoms with Gasteiger partial charge in [0.15, 0.2) is 0 Å². The normalized spacial score (nSPS) is 10.2. The van der Waals surface area contributed by atoms with E-state index < -0.39 is 0 Å². The van der Waals surface area contributed by atoms with Crippen molar-refractivity contribution in [3.8, 4) is 0 Å². The number of halogens is 1. The minimum atomic E-state index is -0.0976. The third-order valence-electron chi connectivity index (χ3n) is 2.85. The van der Waals surface area contributed by atoms with Crippen LogP contribution in [0.2, 0.25) is 0 Å². The highest BCUT2D eigenvalue weighted by atomic mass is 79.9. The molecular weight excluding hydrogens is 290 g/mol. The Bertz CT molecular complexity index is 593. The smallest absolute Gasteiger partial charge is 0.255 e. The van der Waals surface area contributed by atoms with E-state index in [1.165, 1.54) is 11.1 Å². The lowest BCUT2D eigenvalue weighted by Crippen LogP contribution is -2.11. The quantitative estimate of drug-likeness (QED) is 0.879. The van der Waals surface area contributed by atoms with Crippen molar-refractivity contribution < 1.29 is 4.79 Å². The van der Waals surface area contributed by atoms with Crippen molar-refractivity contribution in [1.29, 1.82) is 0 Å². The molecule has 18 heavy (non-hydrogen) atoms. The van der Waals surface area contributed by atoms with Gasteiger partial charge in [0, 0.05) is 15.7 Å². The van der Waals surface area contributed by atoms with E-state index in [0.29, 0.717) is 5.56 Å². The molecule has 0 bridgehead atoms. The van der Waals surface area contributed by atoms with Crippen LogP contribution in [0.1, 0.15) is 21.5 Å². The zero-order chi connectivity index (χ0) is 13.1. The topological polar surface area (TPSA) is 29.1 Å². The SMILES string of the molecule is Cc1ccc(NC(=O)c2cccc(Br)c2)cc1C. The van der Waals surface area contributed by atoms with E-state index in [0.717, 1.165) is 10.2 Å². The molecule has 1 amide bonds. The third kappa shape index (κ3) is 2.99. The summed E-state index contributed by atoms with van der Waals surface area (Å²) in [6, 6.07) is 13.2. The Balaban J connectivity index is 2.18. The van der Waals surface area contributed by atoms with Crippen molar-refractivity contribution in [2.75, 3.05) is 5.32 Å². The number of rotatable bonds is 2. The molecule has 0 spiro atoms. The van der Waals surface area contributed by atoms with Crippen LogP contribution in [0, 0.1) is 13.8 Å². The predicted octanol–water partition coefficient (Wildman–Crippen LogP) is 4.32. The van der Waals surface area contributed by atoms with E-state index in [-0.39, 0.29) is 5.91 Å². The van der Waals surface area contributed by atoms with Crippen LogP contribution in [-0.2, 0) is 0 Å². The van der Waals surface area contributed by atoms with Gasteiger partial charge in [0.05, 0.1) is 0 Å². The largest absolute Gasteiger partial charge is 0.322 e. The van der Waals surface area contributed by atoms with Gasteiger partial charge in [-0.05, 0) is 55.3 Å². The maximum atomic E-state index is 12.0. The molecule has 0 saturated heterocycles. The van der Waals surface area contributed by atoms with Crippen LogP contribution in [0.15, 0.2) is 46.9 Å². The first-order valence-corrected chi connectivity index (χ1v) is 6.50. The average molecular weight is 304 g/mol. The highest BCUT2D eigenvalue weighted by Crippen LogP contribution is 2.16. The number of carbonyl (C=O) groups excluding carboxylic acids is 1. The van der Waals surface area contributed by atoms with Gasteiger partial charge in [0.2, 0.25) is 0 Å². The molecule has 0 fully saturated rings. The lowest BCUT2D eigenvalue weighted by molar-refractivity contribution is 0.102. The second-order valence-electron chi connectivity index (χ2n) is 4.26. The highest BCUT2D eigenvalue weighted by Gasteiger charge is 2.06. The first-order chi connectivity index (χ1) is 8.56. The van der Waals surface area contributed by atoms with Gasteiger partial charge in [-0.15, -0.1) is 0 Å². The van der Waals surface area contributed by atoms with E-state index >= 15 is 0 Å². The maximum absolute atomic E-state index is 12.0. The Labute approximate surface area is 115 Å². The lowest BCUT2D eigenvalue weighted by Gasteiger charge is -2.08. The number of benzene rings is 2. The molecule has 0 radical (unpaired) electrons. The van der Waals surface area contributed by atoms with Crippen molar-refractivity contribution in [3.05, 3.63) is 63.6 Å². The molecule has 0 heterocycles. The standard InChI is InChI=1S/C15H14BrNO/c1-10-6-7-14(8-11(10)2)17-15(18)12-4-3-5-13(16)9-12/h3-9H,1-2H3,(H,17,18). The summed E-state index contributed by atoms with van der Waals surface area (Å²) in [6.07, 6.45) is 0. The second kappa shape index (κ2) is 5.36. The van der Waals surface area contributed by atoms with Crippen LogP contribution in [0.25, 0.3) is 0 Å². The molecule has 2 aromatic carbocycles. The highest BCUT2D eigenvalue weighted by molar-refractivity contribution is 9.10. The Morgan fingerprint density at radius 3 is 2.50 bits per heavy atom. The van der Waals surface area contributed by atoms with E-state index in [2.05, 4.69) is 28.2 Å². The molecule has 92 valence electrons. The minimum absolute atomic E-state index is 0.0976. The third-order valence-corrected chi connectivity index (χ3v) is 3.34. The van der Waals surface area contributed by atoms with Crippen molar-refractivity contribution >= 4 is 27.5 Å². The first-order valence-electron chi connectivity index (χ1n) is 5.70. The molecule has 1 N–H and O–H groups in total. The molecule has 2 nitrogen and oxygen atoms in total. The van der Waals surface area contributed by atoms with Gasteiger partial charge in [-0.2, -0.15) is 0 Å². The number of amides is 1. The molecule has 0 saturated carbocycles. The van der Waals surface area contributed by atoms with Crippen LogP contribution in [0.4, 0.5) is 5.69 Å². The van der Waals surface area contributed by atoms with E-state index in [1.54, 1.807) is 12.1 Å². The molecule has 0 aliphatic heterocycles. The van der Waals surface area contributed by atoms with Crippen LogP contribution in [-0.4, -0.2) is 5.91 Å². The van der Waals surface area contributed by atoms with E-state index in [4.69, 9.17) is 0 Å². The monoisotopic (exact) mass is 303 g/mol. The summed E-state index contributed by atoms with van der Waals surface area (Å²) < 4.78 is 0.898. The number of aryl methyl sites for hydroxylation is 2. The van der Waals surface area contributed by atoms with Gasteiger partial charge in [0.1, 0.15) is 0 Å². The Kier molecular flexibility index (Phi) is 3.82. The minimum Gasteiger partial charge on any atom is -0.322 e. The van der Waals surface area contributed by atoms with Crippen LogP contribution in [0.3, 0.4) is 0 Å². The Morgan fingerprint density at radius 1 is 1.06 bits per heavy atom. The summed E-state index contributed by atoms with van der Waals surface area (Å²) in [5, 5.41) is 2.89. The lowest BCUT2D eigenvalue weighted by atomic mass is 10.1. The molecule has 0 aliphatic carbocycles. The number of hydrogen-bond donors (Lipinski definition) is 1. The van der Waals surface area contributed by atoms with Crippen molar-refractivity contribution in [3.63, 3.8) is 0 Å². The fourth-order valence-electron chi connectivity index (χ4n) is 1.65. The zero-order valence-electron chi connectivity index (χ0n) is 10.3. The number of anilines is 1. The van der Waals surface area contributed by atoms with Crippen LogP contribution >= 0.6 is 15.9 Å². The average Bonchev–Trinajstić information content (AvgIpc) is 2.34. The molecule has 0 atom stereocenters. The van der Waals surface area contributed by atoms with Gasteiger partial charge in [-0.1, -0.05) is 28.1 Å². The summed E-state index contributed by atoms with van der Waals surface area (Å²) in [4.78, 5) is 12.0. The van der Waals surface area contributed by atoms with Crippen molar-refractivity contribution in [2.45, 2.75) is 13.8 Å². The molecule has 3 heteroatoms. The molecule has 0 aliphatic rings. The summed E-state index contributed by atoms with van der Waals surface area (Å²) in [5.74, 6) is -0.0976. The first kappa shape index (κ1) is 12.8. The summed E-state index contributed by atoms with van der Waals surface area (Å²) in [6.45, 7) is 4.08. The molecular formula is C15H14BrNO. The number of nitrogens with one attached hydrogen (secondary N) is 1. The van der Waals surface area contributed by atoms with E-state index in [9.17, 15) is 4.79 Å². The fraction of sp³-hybridized carbons (Fsp3) is 0.133. The maximum Gasteiger partial charge on any atom is 0.255 e. The van der Waals surface area contributed by atoms with Gasteiger partial charge in [0.25, 0.3) is 5.91 Å². The number of carbonyl (C=O) groups is 1. The molecule has 2 aromatic rings. The Morgan fingerprint density at radius 2 is 1.83 bits per heavy atom. The van der Waals surface area contributed by atoms with Gasteiger partial charge >= 0.3 is 0 Å². The van der Waals surface area contributed by atoms with Gasteiger partial charge < -0.3 is 5.32 Å². The van der Waals surface area contributed by atoms with Gasteiger partial charge in [-0.3, -0.25) is 4.79 Å². The van der Waals surface area contributed by atoms with Crippen molar-refractivity contribution in [2.24, 2.45) is 0 Å². The van der Waals surface area contributed by atoms with Gasteiger partial charge in [-0.25, -0.2) is 0 Å². The Hall–Kier alpha value is -1.61. The second-order valence-corrected chi connectivity index (χ2v) is 5.18. The van der Waals surface area contributed by atoms with Crippen LogP contribution < -0.4 is 5.32 Å². The van der Waals surface area contributed by atoms with E-state index in [1.807, 2.05) is 37.3 Å². The number of hydrogen-bond acceptors (Lipinski definition) is 1. The molecule has 0 aromatic heterocycles. The summed E-state index contributed by atoms with van der Waals surface area (Å²) in [7, 11) is 0. The zero-order valence-corrected chi connectivity index (χ0v) is 11.9. The fourth-order valence-corrected chi connectivity index (χ4v) is 2.05. The molecule has 2 rings (SSSR count). The predicted molar refractivity (Wildman–Crippen MR) is 78.0 cm³/mol. The van der Waals surface area contributed by atoms with Crippen LogP contribution in [0.5, 0.6) is 0 Å².